The molecule has 0 aliphatic carbocycles. The Morgan fingerprint density at radius 3 is 2.25 bits per heavy atom. The molecular formula is C18H19F3N2O4S. The first kappa shape index (κ1) is 21.9. The van der Waals surface area contributed by atoms with E-state index in [4.69, 9.17) is 0 Å². The molecule has 3 N–H and O–H groups in total. The maximum atomic E-state index is 12.8. The van der Waals surface area contributed by atoms with E-state index in [2.05, 4.69) is 10.0 Å². The van der Waals surface area contributed by atoms with Crippen LogP contribution in [0.5, 0.6) is 0 Å². The highest BCUT2D eigenvalue weighted by Crippen LogP contribution is 2.30. The summed E-state index contributed by atoms with van der Waals surface area (Å²) in [4.78, 5) is 12.3. The number of benzene rings is 2. The van der Waals surface area contributed by atoms with Crippen molar-refractivity contribution in [1.29, 1.82) is 0 Å². The first-order valence-electron chi connectivity index (χ1n) is 8.15. The number of halogens is 3. The van der Waals surface area contributed by atoms with Gasteiger partial charge >= 0.3 is 6.18 Å². The molecule has 10 heteroatoms. The van der Waals surface area contributed by atoms with Gasteiger partial charge in [0.25, 0.3) is 0 Å². The first-order valence-corrected chi connectivity index (χ1v) is 9.63. The molecule has 0 saturated carbocycles. The number of hydrogen-bond donors (Lipinski definition) is 3. The second-order valence-electron chi connectivity index (χ2n) is 6.22. The van der Waals surface area contributed by atoms with E-state index in [1.165, 1.54) is 25.1 Å². The van der Waals surface area contributed by atoms with Crippen molar-refractivity contribution >= 4 is 21.6 Å². The zero-order valence-corrected chi connectivity index (χ0v) is 15.8. The summed E-state index contributed by atoms with van der Waals surface area (Å²) in [6, 6.07) is 8.06. The number of carbonyl (C=O) groups excluding carboxylic acids is 1. The van der Waals surface area contributed by atoms with Gasteiger partial charge < -0.3 is 10.4 Å². The highest BCUT2D eigenvalue weighted by Gasteiger charge is 2.32. The molecular weight excluding hydrogens is 397 g/mol. The summed E-state index contributed by atoms with van der Waals surface area (Å²) in [5.74, 6) is -0.995. The summed E-state index contributed by atoms with van der Waals surface area (Å²) < 4.78 is 65.3. The number of anilines is 1. The Hall–Kier alpha value is -2.43. The average molecular weight is 416 g/mol. The summed E-state index contributed by atoms with van der Waals surface area (Å²) in [6.45, 7) is 2.96. The number of rotatable bonds is 6. The van der Waals surface area contributed by atoms with Gasteiger partial charge in [-0.2, -0.15) is 17.9 Å². The van der Waals surface area contributed by atoms with Crippen molar-refractivity contribution in [3.63, 3.8) is 0 Å². The molecule has 2 aromatic carbocycles. The molecule has 0 aromatic heterocycles. The minimum absolute atomic E-state index is 0.115. The van der Waals surface area contributed by atoms with Gasteiger partial charge in [-0.1, -0.05) is 23.8 Å². The molecule has 0 heterocycles. The van der Waals surface area contributed by atoms with E-state index >= 15 is 0 Å². The van der Waals surface area contributed by atoms with Crippen LogP contribution in [0.15, 0.2) is 53.4 Å². The zero-order chi connectivity index (χ0) is 21.1. The smallest absolute Gasteiger partial charge is 0.391 e. The lowest BCUT2D eigenvalue weighted by Gasteiger charge is -2.21. The topological polar surface area (TPSA) is 95.5 Å². The number of carbonyl (C=O) groups is 1. The van der Waals surface area contributed by atoms with Gasteiger partial charge in [0, 0.05) is 5.69 Å². The Labute approximate surface area is 160 Å². The van der Waals surface area contributed by atoms with Crippen molar-refractivity contribution < 1.29 is 31.5 Å². The van der Waals surface area contributed by atoms with Crippen LogP contribution in [0.3, 0.4) is 0 Å². The molecule has 0 radical (unpaired) electrons. The highest BCUT2D eigenvalue weighted by atomic mass is 32.2. The van der Waals surface area contributed by atoms with Crippen LogP contribution in [-0.2, 0) is 21.0 Å². The summed E-state index contributed by atoms with van der Waals surface area (Å²) >= 11 is 0. The standard InChI is InChI=1S/C18H19F3N2O4S/c1-11-6-8-15(9-7-11)28(26,27)23-16(12(2)24)17(25)22-14-5-3-4-13(10-14)18(19,20)21/h3-10,12,16,23-24H,1-2H3,(H,22,25). The van der Waals surface area contributed by atoms with Crippen LogP contribution in [-0.4, -0.2) is 31.6 Å². The third-order valence-electron chi connectivity index (χ3n) is 3.84. The molecule has 2 aromatic rings. The number of amides is 1. The summed E-state index contributed by atoms with van der Waals surface area (Å²) in [5, 5.41) is 12.0. The number of aryl methyl sites for hydroxylation is 1. The van der Waals surface area contributed by atoms with Crippen LogP contribution >= 0.6 is 0 Å². The normalized spacial score (nSPS) is 14.4. The first-order chi connectivity index (χ1) is 12.9. The van der Waals surface area contributed by atoms with E-state index in [-0.39, 0.29) is 10.6 Å². The van der Waals surface area contributed by atoms with E-state index in [0.29, 0.717) is 6.07 Å². The third-order valence-corrected chi connectivity index (χ3v) is 5.29. The maximum absolute atomic E-state index is 12.8. The molecule has 28 heavy (non-hydrogen) atoms. The van der Waals surface area contributed by atoms with Crippen molar-refractivity contribution in [2.24, 2.45) is 0 Å². The van der Waals surface area contributed by atoms with Gasteiger partial charge in [0.1, 0.15) is 6.04 Å². The van der Waals surface area contributed by atoms with Gasteiger partial charge in [-0.15, -0.1) is 0 Å². The summed E-state index contributed by atoms with van der Waals surface area (Å²) in [7, 11) is -4.14. The van der Waals surface area contributed by atoms with Crippen LogP contribution in [0.1, 0.15) is 18.1 Å². The second kappa shape index (κ2) is 8.29. The lowest BCUT2D eigenvalue weighted by molar-refractivity contribution is -0.137. The van der Waals surface area contributed by atoms with E-state index in [1.807, 2.05) is 0 Å². The van der Waals surface area contributed by atoms with Crippen molar-refractivity contribution in [2.45, 2.75) is 37.1 Å². The Morgan fingerprint density at radius 1 is 1.11 bits per heavy atom. The lowest BCUT2D eigenvalue weighted by atomic mass is 10.1. The molecule has 0 saturated heterocycles. The Morgan fingerprint density at radius 2 is 1.71 bits per heavy atom. The number of sulfonamides is 1. The van der Waals surface area contributed by atoms with Gasteiger partial charge in [-0.05, 0) is 44.2 Å². The van der Waals surface area contributed by atoms with Crippen molar-refractivity contribution in [1.82, 2.24) is 4.72 Å². The Balaban J connectivity index is 2.22. The summed E-state index contributed by atoms with van der Waals surface area (Å²) in [6.07, 6.45) is -6.04. The van der Waals surface area contributed by atoms with Crippen molar-refractivity contribution in [3.8, 4) is 0 Å². The number of alkyl halides is 3. The second-order valence-corrected chi connectivity index (χ2v) is 7.93. The quantitative estimate of drug-likeness (QED) is 0.675. The predicted molar refractivity (Wildman–Crippen MR) is 97.0 cm³/mol. The SMILES string of the molecule is Cc1ccc(S(=O)(=O)NC(C(=O)Nc2cccc(C(F)(F)F)c2)C(C)O)cc1. The van der Waals surface area contributed by atoms with Gasteiger partial charge in [0.05, 0.1) is 16.6 Å². The van der Waals surface area contributed by atoms with Crippen LogP contribution < -0.4 is 10.0 Å². The monoisotopic (exact) mass is 416 g/mol. The molecule has 152 valence electrons. The largest absolute Gasteiger partial charge is 0.416 e. The van der Waals surface area contributed by atoms with E-state index in [9.17, 15) is 31.5 Å². The number of hydrogen-bond acceptors (Lipinski definition) is 4. The van der Waals surface area contributed by atoms with Crippen LogP contribution in [0.25, 0.3) is 0 Å². The Bertz CT molecular complexity index is 942. The Kier molecular flexibility index (Phi) is 6.48. The maximum Gasteiger partial charge on any atom is 0.416 e. The lowest BCUT2D eigenvalue weighted by Crippen LogP contribution is -2.50. The van der Waals surface area contributed by atoms with Gasteiger partial charge in [-0.3, -0.25) is 4.79 Å². The van der Waals surface area contributed by atoms with Gasteiger partial charge in [0.2, 0.25) is 15.9 Å². The molecule has 1 amide bonds. The molecule has 2 atom stereocenters. The third kappa shape index (κ3) is 5.54. The zero-order valence-electron chi connectivity index (χ0n) is 15.0. The molecule has 2 rings (SSSR count). The molecule has 0 bridgehead atoms. The highest BCUT2D eigenvalue weighted by molar-refractivity contribution is 7.89. The van der Waals surface area contributed by atoms with Crippen LogP contribution in [0.4, 0.5) is 18.9 Å². The van der Waals surface area contributed by atoms with Crippen LogP contribution in [0.2, 0.25) is 0 Å². The number of aliphatic hydroxyl groups is 1. The van der Waals surface area contributed by atoms with Crippen molar-refractivity contribution in [2.75, 3.05) is 5.32 Å². The average Bonchev–Trinajstić information content (AvgIpc) is 2.59. The fraction of sp³-hybridized carbons (Fsp3) is 0.278. The molecule has 0 aliphatic rings. The molecule has 6 nitrogen and oxygen atoms in total. The fourth-order valence-electron chi connectivity index (χ4n) is 2.32. The minimum Gasteiger partial charge on any atom is -0.391 e. The van der Waals surface area contributed by atoms with E-state index in [0.717, 1.165) is 17.7 Å². The fourth-order valence-corrected chi connectivity index (χ4v) is 3.59. The molecule has 0 fully saturated rings. The van der Waals surface area contributed by atoms with Gasteiger partial charge in [0.15, 0.2) is 0 Å². The predicted octanol–water partition coefficient (Wildman–Crippen LogP) is 2.68. The van der Waals surface area contributed by atoms with Crippen LogP contribution in [0, 0.1) is 6.92 Å². The summed E-state index contributed by atoms with van der Waals surface area (Å²) in [5.41, 5.74) is -0.326. The van der Waals surface area contributed by atoms with E-state index < -0.39 is 39.8 Å². The van der Waals surface area contributed by atoms with Crippen molar-refractivity contribution in [3.05, 3.63) is 59.7 Å². The minimum atomic E-state index is -4.60. The number of aliphatic hydroxyl groups excluding tert-OH is 1. The number of nitrogens with one attached hydrogen (secondary N) is 2. The molecule has 2 unspecified atom stereocenters. The molecule has 0 aliphatic heterocycles. The van der Waals surface area contributed by atoms with E-state index in [1.54, 1.807) is 19.1 Å². The van der Waals surface area contributed by atoms with Gasteiger partial charge in [-0.25, -0.2) is 8.42 Å². The molecule has 0 spiro atoms.